The number of benzene rings is 1. The van der Waals surface area contributed by atoms with Gasteiger partial charge in [0.1, 0.15) is 5.75 Å². The Kier molecular flexibility index (Phi) is 5.62. The summed E-state index contributed by atoms with van der Waals surface area (Å²) in [5.74, 6) is 0.735. The Morgan fingerprint density at radius 1 is 1.30 bits per heavy atom. The molecule has 0 unspecified atom stereocenters. The summed E-state index contributed by atoms with van der Waals surface area (Å²) in [5.41, 5.74) is 2.44. The van der Waals surface area contributed by atoms with Gasteiger partial charge < -0.3 is 15.4 Å². The van der Waals surface area contributed by atoms with Crippen LogP contribution < -0.4 is 15.4 Å². The SMILES string of the molecule is COc1ccccc1CN1CCNC(=O)[C@H]1CC(=O)Nc1n[nH]c2nc(C)ccc12. The van der Waals surface area contributed by atoms with Gasteiger partial charge in [-0.1, -0.05) is 18.2 Å². The standard InChI is InChI=1S/C21H24N6O3/c1-13-7-8-15-19(23-13)25-26-20(15)24-18(28)11-16-21(29)22-9-10-27(16)12-14-5-3-4-6-17(14)30-2/h3-8,16H,9-12H2,1-2H3,(H,22,29)(H2,23,24,25,26,28)/t16-/m1/s1. The number of para-hydroxylation sites is 1. The van der Waals surface area contributed by atoms with E-state index in [-0.39, 0.29) is 18.2 Å². The van der Waals surface area contributed by atoms with E-state index in [1.54, 1.807) is 7.11 Å². The highest BCUT2D eigenvalue weighted by Gasteiger charge is 2.32. The molecular weight excluding hydrogens is 384 g/mol. The van der Waals surface area contributed by atoms with E-state index in [9.17, 15) is 9.59 Å². The van der Waals surface area contributed by atoms with E-state index in [1.807, 2.05) is 48.2 Å². The number of hydrogen-bond donors (Lipinski definition) is 3. The Hall–Kier alpha value is -3.46. The third kappa shape index (κ3) is 4.11. The number of piperazine rings is 1. The van der Waals surface area contributed by atoms with Gasteiger partial charge >= 0.3 is 0 Å². The average Bonchev–Trinajstić information content (AvgIpc) is 3.12. The number of pyridine rings is 1. The Bertz CT molecular complexity index is 1080. The van der Waals surface area contributed by atoms with Crippen LogP contribution in [0.5, 0.6) is 5.75 Å². The van der Waals surface area contributed by atoms with Crippen LogP contribution in [0.1, 0.15) is 17.7 Å². The van der Waals surface area contributed by atoms with Gasteiger partial charge in [0.25, 0.3) is 0 Å². The molecule has 156 valence electrons. The third-order valence-electron chi connectivity index (χ3n) is 5.21. The van der Waals surface area contributed by atoms with Gasteiger partial charge in [0.05, 0.1) is 25.0 Å². The van der Waals surface area contributed by atoms with E-state index >= 15 is 0 Å². The van der Waals surface area contributed by atoms with Crippen molar-refractivity contribution in [2.75, 3.05) is 25.5 Å². The Morgan fingerprint density at radius 3 is 2.97 bits per heavy atom. The maximum Gasteiger partial charge on any atom is 0.237 e. The number of nitrogens with zero attached hydrogens (tertiary/aromatic N) is 3. The second-order valence-corrected chi connectivity index (χ2v) is 7.26. The fraction of sp³-hybridized carbons (Fsp3) is 0.333. The van der Waals surface area contributed by atoms with Crippen LogP contribution in [0.2, 0.25) is 0 Å². The van der Waals surface area contributed by atoms with Crippen molar-refractivity contribution in [3.63, 3.8) is 0 Å². The maximum absolute atomic E-state index is 12.7. The number of nitrogens with one attached hydrogen (secondary N) is 3. The highest BCUT2D eigenvalue weighted by molar-refractivity contribution is 6.00. The number of anilines is 1. The van der Waals surface area contributed by atoms with E-state index < -0.39 is 6.04 Å². The second-order valence-electron chi connectivity index (χ2n) is 7.26. The molecule has 3 N–H and O–H groups in total. The molecule has 0 radical (unpaired) electrons. The molecule has 0 spiro atoms. The molecule has 30 heavy (non-hydrogen) atoms. The number of hydrogen-bond acceptors (Lipinski definition) is 6. The summed E-state index contributed by atoms with van der Waals surface area (Å²) in [6.45, 7) is 3.60. The molecule has 0 bridgehead atoms. The molecular formula is C21H24N6O3. The van der Waals surface area contributed by atoms with Crippen LogP contribution in [0.15, 0.2) is 36.4 Å². The van der Waals surface area contributed by atoms with Crippen LogP contribution >= 0.6 is 0 Å². The van der Waals surface area contributed by atoms with Gasteiger partial charge in [0.2, 0.25) is 11.8 Å². The van der Waals surface area contributed by atoms with Crippen LogP contribution in [0, 0.1) is 6.92 Å². The first-order chi connectivity index (χ1) is 14.5. The summed E-state index contributed by atoms with van der Waals surface area (Å²) in [7, 11) is 1.62. The molecule has 1 fully saturated rings. The normalized spacial score (nSPS) is 17.0. The minimum atomic E-state index is -0.575. The number of methoxy groups -OCH3 is 1. The van der Waals surface area contributed by atoms with E-state index in [1.165, 1.54) is 0 Å². The molecule has 0 aliphatic carbocycles. The molecule has 3 heterocycles. The van der Waals surface area contributed by atoms with Gasteiger partial charge in [-0.3, -0.25) is 19.6 Å². The van der Waals surface area contributed by atoms with E-state index in [4.69, 9.17) is 4.74 Å². The van der Waals surface area contributed by atoms with Crippen molar-refractivity contribution in [2.24, 2.45) is 0 Å². The zero-order valence-electron chi connectivity index (χ0n) is 16.9. The first-order valence-corrected chi connectivity index (χ1v) is 9.80. The topological polar surface area (TPSA) is 112 Å². The average molecular weight is 408 g/mol. The van der Waals surface area contributed by atoms with Gasteiger partial charge in [-0.05, 0) is 25.1 Å². The largest absolute Gasteiger partial charge is 0.496 e. The summed E-state index contributed by atoms with van der Waals surface area (Å²) in [6, 6.07) is 10.8. The number of rotatable bonds is 6. The number of H-pyrrole nitrogens is 1. The maximum atomic E-state index is 12.7. The molecule has 1 saturated heterocycles. The van der Waals surface area contributed by atoms with Gasteiger partial charge in [-0.15, -0.1) is 0 Å². The molecule has 2 aromatic heterocycles. The number of fused-ring (bicyclic) bond motifs is 1. The Morgan fingerprint density at radius 2 is 2.13 bits per heavy atom. The third-order valence-corrected chi connectivity index (χ3v) is 5.21. The van der Waals surface area contributed by atoms with Crippen LogP contribution in [0.3, 0.4) is 0 Å². The molecule has 1 aromatic carbocycles. The summed E-state index contributed by atoms with van der Waals surface area (Å²) in [6.07, 6.45) is 0.0224. The highest BCUT2D eigenvalue weighted by atomic mass is 16.5. The number of aryl methyl sites for hydroxylation is 1. The number of aromatic nitrogens is 3. The monoisotopic (exact) mass is 408 g/mol. The molecule has 0 saturated carbocycles. The molecule has 1 aliphatic rings. The van der Waals surface area contributed by atoms with Crippen LogP contribution in [-0.2, 0) is 16.1 Å². The second kappa shape index (κ2) is 8.50. The van der Waals surface area contributed by atoms with Gasteiger partial charge in [-0.25, -0.2) is 4.98 Å². The van der Waals surface area contributed by atoms with Crippen molar-refractivity contribution < 1.29 is 14.3 Å². The number of amides is 2. The quantitative estimate of drug-likeness (QED) is 0.571. The van der Waals surface area contributed by atoms with E-state index in [2.05, 4.69) is 25.8 Å². The molecule has 1 atom stereocenters. The highest BCUT2D eigenvalue weighted by Crippen LogP contribution is 2.23. The van der Waals surface area contributed by atoms with Gasteiger partial charge in [0.15, 0.2) is 11.5 Å². The van der Waals surface area contributed by atoms with Crippen molar-refractivity contribution in [3.05, 3.63) is 47.7 Å². The first kappa shape index (κ1) is 19.8. The molecule has 9 heteroatoms. The van der Waals surface area contributed by atoms with Crippen molar-refractivity contribution in [3.8, 4) is 5.75 Å². The predicted molar refractivity (Wildman–Crippen MR) is 112 cm³/mol. The van der Waals surface area contributed by atoms with Crippen molar-refractivity contribution >= 4 is 28.7 Å². The fourth-order valence-corrected chi connectivity index (χ4v) is 3.68. The smallest absolute Gasteiger partial charge is 0.237 e. The summed E-state index contributed by atoms with van der Waals surface area (Å²) in [5, 5.41) is 13.4. The van der Waals surface area contributed by atoms with Crippen LogP contribution in [-0.4, -0.2) is 58.1 Å². The minimum absolute atomic E-state index is 0.0224. The van der Waals surface area contributed by atoms with Crippen molar-refractivity contribution in [2.45, 2.75) is 25.9 Å². The lowest BCUT2D eigenvalue weighted by Gasteiger charge is -2.34. The van der Waals surface area contributed by atoms with Crippen LogP contribution in [0.25, 0.3) is 11.0 Å². The number of carbonyl (C=O) groups excluding carboxylic acids is 2. The molecule has 1 aliphatic heterocycles. The first-order valence-electron chi connectivity index (χ1n) is 9.80. The van der Waals surface area contributed by atoms with E-state index in [0.717, 1.165) is 22.4 Å². The summed E-state index contributed by atoms with van der Waals surface area (Å²) < 4.78 is 5.43. The lowest BCUT2D eigenvalue weighted by atomic mass is 10.1. The summed E-state index contributed by atoms with van der Waals surface area (Å²) in [4.78, 5) is 31.6. The Balaban J connectivity index is 1.48. The molecule has 2 amide bonds. The van der Waals surface area contributed by atoms with Gasteiger partial charge in [0, 0.05) is 30.9 Å². The summed E-state index contributed by atoms with van der Waals surface area (Å²) >= 11 is 0. The lowest BCUT2D eigenvalue weighted by molar-refractivity contribution is -0.132. The molecule has 9 nitrogen and oxygen atoms in total. The lowest BCUT2D eigenvalue weighted by Crippen LogP contribution is -2.55. The van der Waals surface area contributed by atoms with Gasteiger partial charge in [-0.2, -0.15) is 5.10 Å². The predicted octanol–water partition coefficient (Wildman–Crippen LogP) is 1.60. The minimum Gasteiger partial charge on any atom is -0.496 e. The molecule has 4 rings (SSSR count). The van der Waals surface area contributed by atoms with Crippen LogP contribution in [0.4, 0.5) is 5.82 Å². The van der Waals surface area contributed by atoms with Crippen molar-refractivity contribution in [1.82, 2.24) is 25.4 Å². The van der Waals surface area contributed by atoms with Crippen molar-refractivity contribution in [1.29, 1.82) is 0 Å². The number of aromatic amines is 1. The Labute approximate surface area is 173 Å². The number of ether oxygens (including phenoxy) is 1. The zero-order valence-corrected chi connectivity index (χ0v) is 16.9. The zero-order chi connectivity index (χ0) is 21.1. The fourth-order valence-electron chi connectivity index (χ4n) is 3.68. The molecule has 3 aromatic rings. The number of carbonyl (C=O) groups is 2. The van der Waals surface area contributed by atoms with E-state index in [0.29, 0.717) is 31.1 Å².